The van der Waals surface area contributed by atoms with Crippen LogP contribution < -0.4 is 5.32 Å². The molecule has 0 bridgehead atoms. The van der Waals surface area contributed by atoms with Gasteiger partial charge in [-0.2, -0.15) is 0 Å². The number of hydrogen-bond acceptors (Lipinski definition) is 3. The second-order valence-electron chi connectivity index (χ2n) is 4.98. The molecule has 3 nitrogen and oxygen atoms in total. The minimum Gasteiger partial charge on any atom is -0.348 e. The van der Waals surface area contributed by atoms with Crippen LogP contribution in [0.3, 0.4) is 0 Å². The minimum atomic E-state index is 0.231. The van der Waals surface area contributed by atoms with Gasteiger partial charge in [-0.05, 0) is 25.8 Å². The summed E-state index contributed by atoms with van der Waals surface area (Å²) in [7, 11) is 3.66. The molecule has 1 aliphatic carbocycles. The van der Waals surface area contributed by atoms with Gasteiger partial charge in [0.25, 0.3) is 0 Å². The van der Waals surface area contributed by atoms with Crippen molar-refractivity contribution in [3.63, 3.8) is 0 Å². The SMILES string of the molecule is CCCNC1CCCCC1SCC(=O)N(C)C. The van der Waals surface area contributed by atoms with E-state index < -0.39 is 0 Å². The summed E-state index contributed by atoms with van der Waals surface area (Å²) in [5.41, 5.74) is 0. The molecule has 2 atom stereocenters. The van der Waals surface area contributed by atoms with Crippen molar-refractivity contribution in [2.24, 2.45) is 0 Å². The summed E-state index contributed by atoms with van der Waals surface area (Å²) >= 11 is 1.84. The van der Waals surface area contributed by atoms with Gasteiger partial charge in [-0.1, -0.05) is 19.8 Å². The van der Waals surface area contributed by atoms with E-state index >= 15 is 0 Å². The van der Waals surface area contributed by atoms with Crippen LogP contribution in [0, 0.1) is 0 Å². The van der Waals surface area contributed by atoms with Crippen molar-refractivity contribution in [1.29, 1.82) is 0 Å². The number of hydrogen-bond donors (Lipinski definition) is 1. The van der Waals surface area contributed by atoms with E-state index in [0.29, 0.717) is 17.0 Å². The highest BCUT2D eigenvalue weighted by atomic mass is 32.2. The Balaban J connectivity index is 2.34. The quantitative estimate of drug-likeness (QED) is 0.792. The molecule has 4 heteroatoms. The van der Waals surface area contributed by atoms with E-state index in [0.717, 1.165) is 6.54 Å². The monoisotopic (exact) mass is 258 g/mol. The van der Waals surface area contributed by atoms with Crippen LogP contribution in [0.2, 0.25) is 0 Å². The zero-order valence-electron chi connectivity index (χ0n) is 11.4. The third kappa shape index (κ3) is 5.30. The first-order valence-corrected chi connectivity index (χ1v) is 7.75. The Bertz CT molecular complexity index is 233. The first-order chi connectivity index (χ1) is 8.15. The number of nitrogens with one attached hydrogen (secondary N) is 1. The van der Waals surface area contributed by atoms with Crippen LogP contribution in [-0.2, 0) is 4.79 Å². The van der Waals surface area contributed by atoms with Gasteiger partial charge in [-0.15, -0.1) is 11.8 Å². The maximum Gasteiger partial charge on any atom is 0.232 e. The van der Waals surface area contributed by atoms with Gasteiger partial charge in [-0.3, -0.25) is 4.79 Å². The lowest BCUT2D eigenvalue weighted by atomic mass is 9.95. The topological polar surface area (TPSA) is 32.3 Å². The average Bonchev–Trinajstić information content (AvgIpc) is 2.34. The first kappa shape index (κ1) is 14.8. The van der Waals surface area contributed by atoms with Crippen molar-refractivity contribution in [2.45, 2.75) is 50.3 Å². The summed E-state index contributed by atoms with van der Waals surface area (Å²) < 4.78 is 0. The lowest BCUT2D eigenvalue weighted by Gasteiger charge is -2.32. The van der Waals surface area contributed by atoms with Gasteiger partial charge in [0.05, 0.1) is 5.75 Å². The number of nitrogens with zero attached hydrogens (tertiary/aromatic N) is 1. The highest BCUT2D eigenvalue weighted by Crippen LogP contribution is 2.28. The van der Waals surface area contributed by atoms with Crippen molar-refractivity contribution in [3.05, 3.63) is 0 Å². The van der Waals surface area contributed by atoms with E-state index in [2.05, 4.69) is 12.2 Å². The van der Waals surface area contributed by atoms with Crippen molar-refractivity contribution in [1.82, 2.24) is 10.2 Å². The third-order valence-electron chi connectivity index (χ3n) is 3.28. The zero-order valence-corrected chi connectivity index (χ0v) is 12.2. The summed E-state index contributed by atoms with van der Waals surface area (Å²) in [6.45, 7) is 3.30. The molecule has 0 heterocycles. The fourth-order valence-electron chi connectivity index (χ4n) is 2.17. The Morgan fingerprint density at radius 1 is 1.35 bits per heavy atom. The maximum absolute atomic E-state index is 11.6. The van der Waals surface area contributed by atoms with Crippen molar-refractivity contribution >= 4 is 17.7 Å². The van der Waals surface area contributed by atoms with Crippen LogP contribution in [0.5, 0.6) is 0 Å². The van der Waals surface area contributed by atoms with E-state index in [9.17, 15) is 4.79 Å². The van der Waals surface area contributed by atoms with Crippen LogP contribution in [0.1, 0.15) is 39.0 Å². The lowest BCUT2D eigenvalue weighted by molar-refractivity contribution is -0.125. The van der Waals surface area contributed by atoms with Crippen LogP contribution in [0.25, 0.3) is 0 Å². The summed E-state index contributed by atoms with van der Waals surface area (Å²) in [5, 5.41) is 4.25. The van der Waals surface area contributed by atoms with Crippen LogP contribution in [0.4, 0.5) is 0 Å². The van der Waals surface area contributed by atoms with Gasteiger partial charge in [-0.25, -0.2) is 0 Å². The number of amides is 1. The van der Waals surface area contributed by atoms with Gasteiger partial charge in [0.2, 0.25) is 5.91 Å². The molecular formula is C13H26N2OS. The Morgan fingerprint density at radius 2 is 2.06 bits per heavy atom. The van der Waals surface area contributed by atoms with Crippen molar-refractivity contribution in [2.75, 3.05) is 26.4 Å². The Labute approximate surface area is 110 Å². The minimum absolute atomic E-state index is 0.231. The molecule has 2 unspecified atom stereocenters. The lowest BCUT2D eigenvalue weighted by Crippen LogP contribution is -2.41. The number of thioether (sulfide) groups is 1. The molecule has 0 aromatic heterocycles. The number of carbonyl (C=O) groups excluding carboxylic acids is 1. The fourth-order valence-corrected chi connectivity index (χ4v) is 3.58. The molecule has 1 saturated carbocycles. The van der Waals surface area contributed by atoms with E-state index in [4.69, 9.17) is 0 Å². The third-order valence-corrected chi connectivity index (χ3v) is 4.68. The molecule has 0 aromatic carbocycles. The molecule has 0 aliphatic heterocycles. The van der Waals surface area contributed by atoms with E-state index in [1.807, 2.05) is 25.9 Å². The Morgan fingerprint density at radius 3 is 2.71 bits per heavy atom. The summed E-state index contributed by atoms with van der Waals surface area (Å²) in [5.74, 6) is 0.858. The smallest absolute Gasteiger partial charge is 0.232 e. The average molecular weight is 258 g/mol. The van der Waals surface area contributed by atoms with E-state index in [1.165, 1.54) is 32.1 Å². The summed E-state index contributed by atoms with van der Waals surface area (Å²) in [4.78, 5) is 13.3. The standard InChI is InChI=1S/C13H26N2OS/c1-4-9-14-11-7-5-6-8-12(11)17-10-13(16)15(2)3/h11-12,14H,4-10H2,1-3H3. The largest absolute Gasteiger partial charge is 0.348 e. The number of rotatable bonds is 6. The Kier molecular flexibility index (Phi) is 6.97. The molecule has 0 radical (unpaired) electrons. The first-order valence-electron chi connectivity index (χ1n) is 6.70. The van der Waals surface area contributed by atoms with Gasteiger partial charge in [0, 0.05) is 25.4 Å². The zero-order chi connectivity index (χ0) is 12.7. The molecule has 17 heavy (non-hydrogen) atoms. The van der Waals surface area contributed by atoms with Crippen LogP contribution in [-0.4, -0.2) is 48.5 Å². The molecule has 0 aromatic rings. The molecule has 1 rings (SSSR count). The summed E-state index contributed by atoms with van der Waals surface area (Å²) in [6, 6.07) is 0.615. The number of carbonyl (C=O) groups is 1. The fraction of sp³-hybridized carbons (Fsp3) is 0.923. The predicted octanol–water partition coefficient (Wildman–Crippen LogP) is 2.12. The van der Waals surface area contributed by atoms with Crippen molar-refractivity contribution in [3.8, 4) is 0 Å². The van der Waals surface area contributed by atoms with Gasteiger partial charge >= 0.3 is 0 Å². The van der Waals surface area contributed by atoms with Gasteiger partial charge in [0.15, 0.2) is 0 Å². The normalized spacial score (nSPS) is 24.6. The molecule has 0 spiro atoms. The molecular weight excluding hydrogens is 232 g/mol. The highest BCUT2D eigenvalue weighted by molar-refractivity contribution is 8.00. The second-order valence-corrected chi connectivity index (χ2v) is 6.21. The molecule has 1 fully saturated rings. The summed E-state index contributed by atoms with van der Waals surface area (Å²) in [6.07, 6.45) is 6.36. The molecule has 100 valence electrons. The van der Waals surface area contributed by atoms with Crippen LogP contribution >= 0.6 is 11.8 Å². The highest BCUT2D eigenvalue weighted by Gasteiger charge is 2.25. The van der Waals surface area contributed by atoms with E-state index in [1.54, 1.807) is 4.90 Å². The van der Waals surface area contributed by atoms with Gasteiger partial charge in [0.1, 0.15) is 0 Å². The predicted molar refractivity (Wildman–Crippen MR) is 75.5 cm³/mol. The maximum atomic E-state index is 11.6. The Hall–Kier alpha value is -0.220. The van der Waals surface area contributed by atoms with Gasteiger partial charge < -0.3 is 10.2 Å². The molecule has 1 N–H and O–H groups in total. The second kappa shape index (κ2) is 7.98. The molecule has 1 amide bonds. The van der Waals surface area contributed by atoms with Crippen molar-refractivity contribution < 1.29 is 4.79 Å². The van der Waals surface area contributed by atoms with Crippen LogP contribution in [0.15, 0.2) is 0 Å². The van der Waals surface area contributed by atoms with E-state index in [-0.39, 0.29) is 5.91 Å². The molecule has 1 aliphatic rings. The molecule has 0 saturated heterocycles.